The van der Waals surface area contributed by atoms with Crippen molar-refractivity contribution in [1.82, 2.24) is 0 Å². The molecule has 0 aliphatic heterocycles. The highest BCUT2D eigenvalue weighted by Gasteiger charge is 2.05. The monoisotopic (exact) mass is 367 g/mol. The normalized spacial score (nSPS) is 9.73. The van der Waals surface area contributed by atoms with Crippen LogP contribution in [-0.4, -0.2) is 33.3 Å². The number of benzene rings is 1. The van der Waals surface area contributed by atoms with Gasteiger partial charge in [0.15, 0.2) is 0 Å². The average molecular weight is 367 g/mol. The highest BCUT2D eigenvalue weighted by molar-refractivity contribution is 6.30. The lowest BCUT2D eigenvalue weighted by atomic mass is 10.1. The Hall–Kier alpha value is -3.37. The number of carboxylic acid groups (broad SMARTS) is 2. The van der Waals surface area contributed by atoms with Gasteiger partial charge in [0, 0.05) is 12.5 Å². The molecule has 2 aromatic rings. The Morgan fingerprint density at radius 1 is 1.08 bits per heavy atom. The number of primary amides is 1. The van der Waals surface area contributed by atoms with Crippen molar-refractivity contribution in [3.63, 3.8) is 0 Å². The first kappa shape index (κ1) is 20.7. The average Bonchev–Trinajstić information content (AvgIpc) is 3.07. The molecule has 140 valence electrons. The van der Waals surface area contributed by atoms with E-state index in [0.29, 0.717) is 23.8 Å². The zero-order valence-corrected chi connectivity index (χ0v) is 13.6. The van der Waals surface area contributed by atoms with E-state index >= 15 is 0 Å². The molecule has 10 heteroatoms. The van der Waals surface area contributed by atoms with Gasteiger partial charge in [-0.05, 0) is 30.2 Å². The smallest absolute Gasteiger partial charge is 0.394 e. The lowest BCUT2D eigenvalue weighted by molar-refractivity contribution is -0.833. The van der Waals surface area contributed by atoms with Gasteiger partial charge in [0.2, 0.25) is 0 Å². The number of quaternary nitrogens is 1. The summed E-state index contributed by atoms with van der Waals surface area (Å²) < 4.78 is 10.8. The zero-order chi connectivity index (χ0) is 19.5. The van der Waals surface area contributed by atoms with Crippen LogP contribution in [0.4, 0.5) is 5.88 Å². The number of furan rings is 1. The van der Waals surface area contributed by atoms with Gasteiger partial charge < -0.3 is 25.1 Å². The molecule has 1 aromatic carbocycles. The molecule has 0 saturated heterocycles. The van der Waals surface area contributed by atoms with Crippen molar-refractivity contribution < 1.29 is 44.4 Å². The van der Waals surface area contributed by atoms with E-state index in [-0.39, 0.29) is 13.0 Å². The topological polar surface area (TPSA) is 177 Å². The van der Waals surface area contributed by atoms with Crippen molar-refractivity contribution in [2.75, 3.05) is 0 Å². The van der Waals surface area contributed by atoms with Crippen LogP contribution in [0.15, 0.2) is 40.8 Å². The number of hydrogen-bond donors (Lipinski definition) is 5. The Bertz CT molecular complexity index is 727. The van der Waals surface area contributed by atoms with E-state index in [0.717, 1.165) is 11.0 Å². The molecule has 7 N–H and O–H groups in total. The third kappa shape index (κ3) is 7.95. The Kier molecular flexibility index (Phi) is 8.34. The highest BCUT2D eigenvalue weighted by atomic mass is 16.5. The van der Waals surface area contributed by atoms with Crippen LogP contribution < -0.4 is 16.0 Å². The maximum Gasteiger partial charge on any atom is 0.394 e. The van der Waals surface area contributed by atoms with Crippen LogP contribution in [0.25, 0.3) is 0 Å². The van der Waals surface area contributed by atoms with E-state index in [9.17, 15) is 14.4 Å². The number of aliphatic carboxylic acids is 2. The molecule has 0 fully saturated rings. The fourth-order valence-electron chi connectivity index (χ4n) is 1.70. The number of carbonyl (C=O) groups excluding carboxylic acids is 1. The van der Waals surface area contributed by atoms with Crippen molar-refractivity contribution in [3.05, 3.63) is 47.7 Å². The molecule has 2 rings (SSSR count). The van der Waals surface area contributed by atoms with Crippen LogP contribution in [0.1, 0.15) is 17.7 Å². The molecule has 1 aromatic heterocycles. The third-order valence-electron chi connectivity index (χ3n) is 2.95. The second-order valence-corrected chi connectivity index (χ2v) is 4.93. The first-order valence-electron chi connectivity index (χ1n) is 7.34. The van der Waals surface area contributed by atoms with Gasteiger partial charge in [-0.3, -0.25) is 9.59 Å². The van der Waals surface area contributed by atoms with Crippen LogP contribution in [0.2, 0.25) is 0 Å². The SMILES string of the molecule is NC(=O)C(=O)O.O=C(O)CCc1ccc(OCc2ccc([NH2+]O)o2)cc1. The standard InChI is InChI=1S/C14H15NO5.C2H3NO3/c16-14(17)8-3-10-1-4-11(5-2-10)19-9-12-6-7-13(15-18)20-12;3-1(4)2(5)6/h1-2,4-7,15,18H,3,8-9H2,(H,16,17);(H2,3,4)(H,5,6)/p+1. The minimum atomic E-state index is -1.60. The van der Waals surface area contributed by atoms with E-state index in [4.69, 9.17) is 24.6 Å². The second-order valence-electron chi connectivity index (χ2n) is 4.93. The largest absolute Gasteiger partial charge is 0.486 e. The number of nitrogens with two attached hydrogens (primary N) is 2. The molecule has 0 aliphatic rings. The van der Waals surface area contributed by atoms with E-state index in [1.54, 1.807) is 24.3 Å². The summed E-state index contributed by atoms with van der Waals surface area (Å²) in [4.78, 5) is 29.0. The predicted molar refractivity (Wildman–Crippen MR) is 85.6 cm³/mol. The quantitative estimate of drug-likeness (QED) is 0.336. The van der Waals surface area contributed by atoms with E-state index < -0.39 is 17.8 Å². The molecular weight excluding hydrogens is 348 g/mol. The van der Waals surface area contributed by atoms with Crippen LogP contribution in [-0.2, 0) is 27.4 Å². The summed E-state index contributed by atoms with van der Waals surface area (Å²) in [6.45, 7) is 0.266. The first-order chi connectivity index (χ1) is 12.3. The van der Waals surface area contributed by atoms with Gasteiger partial charge in [0.1, 0.15) is 18.1 Å². The first-order valence-corrected chi connectivity index (χ1v) is 7.34. The van der Waals surface area contributed by atoms with Gasteiger partial charge in [-0.15, -0.1) is 5.48 Å². The Balaban J connectivity index is 0.000000487. The Morgan fingerprint density at radius 3 is 2.15 bits per heavy atom. The fourth-order valence-corrected chi connectivity index (χ4v) is 1.70. The molecule has 0 atom stereocenters. The van der Waals surface area contributed by atoms with Gasteiger partial charge in [-0.2, -0.15) is 0 Å². The number of ether oxygens (including phenoxy) is 1. The molecule has 1 heterocycles. The minimum Gasteiger partial charge on any atom is -0.486 e. The zero-order valence-electron chi connectivity index (χ0n) is 13.6. The van der Waals surface area contributed by atoms with Gasteiger partial charge in [-0.1, -0.05) is 12.1 Å². The highest BCUT2D eigenvalue weighted by Crippen LogP contribution is 2.16. The molecule has 26 heavy (non-hydrogen) atoms. The Morgan fingerprint density at radius 2 is 1.69 bits per heavy atom. The maximum absolute atomic E-state index is 10.5. The molecular formula is C16H19N2O8+. The summed E-state index contributed by atoms with van der Waals surface area (Å²) in [5, 5.41) is 24.9. The van der Waals surface area contributed by atoms with E-state index in [2.05, 4.69) is 5.73 Å². The molecule has 1 amide bonds. The van der Waals surface area contributed by atoms with Crippen molar-refractivity contribution in [1.29, 1.82) is 0 Å². The van der Waals surface area contributed by atoms with Gasteiger partial charge in [-0.25, -0.2) is 10.0 Å². The third-order valence-corrected chi connectivity index (χ3v) is 2.95. The summed E-state index contributed by atoms with van der Waals surface area (Å²) in [5.74, 6) is -2.06. The van der Waals surface area contributed by atoms with Gasteiger partial charge >= 0.3 is 23.7 Å². The fraction of sp³-hybridized carbons (Fsp3) is 0.188. The van der Waals surface area contributed by atoms with E-state index in [1.807, 2.05) is 12.1 Å². The lowest BCUT2D eigenvalue weighted by Gasteiger charge is -2.05. The second kappa shape index (κ2) is 10.5. The van der Waals surface area contributed by atoms with Crippen LogP contribution in [0.3, 0.4) is 0 Å². The summed E-state index contributed by atoms with van der Waals surface area (Å²) in [5.41, 5.74) is 6.04. The minimum absolute atomic E-state index is 0.118. The van der Waals surface area contributed by atoms with Gasteiger partial charge in [0.25, 0.3) is 0 Å². The molecule has 10 nitrogen and oxygen atoms in total. The number of amides is 1. The number of carboxylic acids is 2. The molecule has 0 radical (unpaired) electrons. The van der Waals surface area contributed by atoms with Crippen molar-refractivity contribution in [2.45, 2.75) is 19.4 Å². The molecule has 0 aliphatic carbocycles. The van der Waals surface area contributed by atoms with Gasteiger partial charge in [0.05, 0.1) is 0 Å². The van der Waals surface area contributed by atoms with Crippen molar-refractivity contribution >= 4 is 23.7 Å². The molecule has 0 unspecified atom stereocenters. The number of rotatable bonds is 7. The summed E-state index contributed by atoms with van der Waals surface area (Å²) >= 11 is 0. The molecule has 0 spiro atoms. The van der Waals surface area contributed by atoms with Crippen LogP contribution in [0.5, 0.6) is 5.75 Å². The number of carbonyl (C=O) groups is 3. The number of aryl methyl sites for hydroxylation is 1. The molecule has 0 bridgehead atoms. The number of hydrogen-bond acceptors (Lipinski definition) is 6. The molecule has 0 saturated carbocycles. The predicted octanol–water partition coefficient (Wildman–Crippen LogP) is 0.0162. The maximum atomic E-state index is 10.5. The van der Waals surface area contributed by atoms with Crippen molar-refractivity contribution in [3.8, 4) is 5.75 Å². The Labute approximate surface area is 147 Å². The summed E-state index contributed by atoms with van der Waals surface area (Å²) in [6.07, 6.45) is 0.622. The lowest BCUT2D eigenvalue weighted by Crippen LogP contribution is -2.73. The summed E-state index contributed by atoms with van der Waals surface area (Å²) in [7, 11) is 0. The summed E-state index contributed by atoms with van der Waals surface area (Å²) in [6, 6.07) is 10.6. The van der Waals surface area contributed by atoms with Crippen LogP contribution in [0, 0.1) is 0 Å². The van der Waals surface area contributed by atoms with E-state index in [1.165, 1.54) is 0 Å². The van der Waals surface area contributed by atoms with Crippen molar-refractivity contribution in [2.24, 2.45) is 5.73 Å². The van der Waals surface area contributed by atoms with Crippen LogP contribution >= 0.6 is 0 Å².